The lowest BCUT2D eigenvalue weighted by molar-refractivity contribution is 0.313. The number of methoxy groups -OCH3 is 1. The summed E-state index contributed by atoms with van der Waals surface area (Å²) in [6, 6.07) is 11.5. The standard InChI is InChI=1S/C19H21N3O2/c1-13-5-4-8-20-18(13)12-22(2)11-15-9-14-10-16(24-3)6-7-17(14)21-19(15)23/h4-10H,11-12H2,1-3H3,(H,21,23). The van der Waals surface area contributed by atoms with Gasteiger partial charge in [0.2, 0.25) is 0 Å². The maximum absolute atomic E-state index is 12.3. The molecule has 0 atom stereocenters. The Balaban J connectivity index is 1.84. The van der Waals surface area contributed by atoms with E-state index >= 15 is 0 Å². The van der Waals surface area contributed by atoms with Crippen LogP contribution in [-0.2, 0) is 13.1 Å². The Bertz CT molecular complexity index is 918. The van der Waals surface area contributed by atoms with Crippen LogP contribution in [0, 0.1) is 6.92 Å². The number of benzene rings is 1. The molecule has 0 aliphatic heterocycles. The zero-order chi connectivity index (χ0) is 17.1. The van der Waals surface area contributed by atoms with Crippen molar-refractivity contribution in [1.29, 1.82) is 0 Å². The number of rotatable bonds is 5. The Kier molecular flexibility index (Phi) is 4.62. The molecule has 0 amide bonds. The monoisotopic (exact) mass is 323 g/mol. The molecular formula is C19H21N3O2. The quantitative estimate of drug-likeness (QED) is 0.784. The van der Waals surface area contributed by atoms with Gasteiger partial charge >= 0.3 is 0 Å². The zero-order valence-electron chi connectivity index (χ0n) is 14.2. The van der Waals surface area contributed by atoms with E-state index in [1.165, 1.54) is 0 Å². The fraction of sp³-hybridized carbons (Fsp3) is 0.263. The van der Waals surface area contributed by atoms with Crippen LogP contribution in [-0.4, -0.2) is 29.0 Å². The number of H-pyrrole nitrogens is 1. The summed E-state index contributed by atoms with van der Waals surface area (Å²) in [5.41, 5.74) is 3.66. The molecular weight excluding hydrogens is 302 g/mol. The van der Waals surface area contributed by atoms with Crippen molar-refractivity contribution in [2.24, 2.45) is 0 Å². The topological polar surface area (TPSA) is 58.2 Å². The van der Waals surface area contributed by atoms with E-state index in [9.17, 15) is 4.79 Å². The second-order valence-corrected chi connectivity index (χ2v) is 6.02. The molecule has 0 aliphatic rings. The SMILES string of the molecule is COc1ccc2[nH]c(=O)c(CN(C)Cc3ncccc3C)cc2c1. The van der Waals surface area contributed by atoms with Crippen molar-refractivity contribution in [2.45, 2.75) is 20.0 Å². The minimum absolute atomic E-state index is 0.0581. The first kappa shape index (κ1) is 16.2. The van der Waals surface area contributed by atoms with Gasteiger partial charge in [0, 0.05) is 35.8 Å². The van der Waals surface area contributed by atoms with E-state index in [-0.39, 0.29) is 5.56 Å². The number of aromatic amines is 1. The molecule has 0 unspecified atom stereocenters. The van der Waals surface area contributed by atoms with Crippen molar-refractivity contribution in [3.05, 3.63) is 69.8 Å². The average molecular weight is 323 g/mol. The number of hydrogen-bond donors (Lipinski definition) is 1. The van der Waals surface area contributed by atoms with Crippen LogP contribution >= 0.6 is 0 Å². The van der Waals surface area contributed by atoms with Crippen LogP contribution in [0.3, 0.4) is 0 Å². The van der Waals surface area contributed by atoms with Crippen LogP contribution in [0.5, 0.6) is 5.75 Å². The predicted octanol–water partition coefficient (Wildman–Crippen LogP) is 2.87. The molecule has 24 heavy (non-hydrogen) atoms. The Morgan fingerprint density at radius 2 is 2.04 bits per heavy atom. The third-order valence-corrected chi connectivity index (χ3v) is 4.11. The number of pyridine rings is 2. The summed E-state index contributed by atoms with van der Waals surface area (Å²) in [6.07, 6.45) is 1.80. The van der Waals surface area contributed by atoms with Crippen molar-refractivity contribution in [2.75, 3.05) is 14.2 Å². The van der Waals surface area contributed by atoms with Crippen molar-refractivity contribution >= 4 is 10.9 Å². The highest BCUT2D eigenvalue weighted by Crippen LogP contribution is 2.19. The molecule has 5 heteroatoms. The summed E-state index contributed by atoms with van der Waals surface area (Å²) < 4.78 is 5.25. The Morgan fingerprint density at radius 3 is 2.79 bits per heavy atom. The minimum Gasteiger partial charge on any atom is -0.497 e. The summed E-state index contributed by atoms with van der Waals surface area (Å²) >= 11 is 0. The highest BCUT2D eigenvalue weighted by Gasteiger charge is 2.09. The van der Waals surface area contributed by atoms with Gasteiger partial charge in [0.1, 0.15) is 5.75 Å². The number of aryl methyl sites for hydroxylation is 1. The molecule has 0 fully saturated rings. The van der Waals surface area contributed by atoms with E-state index in [4.69, 9.17) is 4.74 Å². The van der Waals surface area contributed by atoms with Crippen LogP contribution < -0.4 is 10.3 Å². The number of aromatic nitrogens is 2. The van der Waals surface area contributed by atoms with Crippen molar-refractivity contribution < 1.29 is 4.74 Å². The molecule has 0 spiro atoms. The molecule has 0 aliphatic carbocycles. The van der Waals surface area contributed by atoms with Gasteiger partial charge in [0.15, 0.2) is 0 Å². The van der Waals surface area contributed by atoms with Gasteiger partial charge in [-0.25, -0.2) is 0 Å². The van der Waals surface area contributed by atoms with Gasteiger partial charge in [0.05, 0.1) is 12.8 Å². The van der Waals surface area contributed by atoms with Gasteiger partial charge in [-0.3, -0.25) is 14.7 Å². The van der Waals surface area contributed by atoms with Gasteiger partial charge in [-0.15, -0.1) is 0 Å². The molecule has 0 saturated heterocycles. The summed E-state index contributed by atoms with van der Waals surface area (Å²) in [5, 5.41) is 0.964. The first-order valence-corrected chi connectivity index (χ1v) is 7.86. The van der Waals surface area contributed by atoms with Gasteiger partial charge < -0.3 is 9.72 Å². The van der Waals surface area contributed by atoms with Crippen molar-refractivity contribution in [1.82, 2.24) is 14.9 Å². The maximum Gasteiger partial charge on any atom is 0.252 e. The molecule has 0 saturated carbocycles. The van der Waals surface area contributed by atoms with E-state index in [0.717, 1.165) is 33.5 Å². The fourth-order valence-electron chi connectivity index (χ4n) is 2.76. The molecule has 0 radical (unpaired) electrons. The smallest absolute Gasteiger partial charge is 0.252 e. The summed E-state index contributed by atoms with van der Waals surface area (Å²) in [4.78, 5) is 21.8. The van der Waals surface area contributed by atoms with E-state index in [1.807, 2.05) is 50.4 Å². The van der Waals surface area contributed by atoms with E-state index < -0.39 is 0 Å². The first-order chi connectivity index (χ1) is 11.6. The normalized spacial score (nSPS) is 11.2. The van der Waals surface area contributed by atoms with E-state index in [0.29, 0.717) is 13.1 Å². The molecule has 5 nitrogen and oxygen atoms in total. The third-order valence-electron chi connectivity index (χ3n) is 4.11. The molecule has 2 heterocycles. The molecule has 3 rings (SSSR count). The van der Waals surface area contributed by atoms with Crippen molar-refractivity contribution in [3.8, 4) is 5.75 Å². The Labute approximate surface area is 140 Å². The van der Waals surface area contributed by atoms with Crippen LogP contribution in [0.2, 0.25) is 0 Å². The zero-order valence-corrected chi connectivity index (χ0v) is 14.2. The molecule has 2 aromatic heterocycles. The van der Waals surface area contributed by atoms with Gasteiger partial charge in [-0.1, -0.05) is 6.07 Å². The minimum atomic E-state index is -0.0581. The summed E-state index contributed by atoms with van der Waals surface area (Å²) in [7, 11) is 3.63. The lowest BCUT2D eigenvalue weighted by Crippen LogP contribution is -2.23. The molecule has 1 N–H and O–H groups in total. The molecule has 124 valence electrons. The molecule has 0 bridgehead atoms. The largest absolute Gasteiger partial charge is 0.497 e. The van der Waals surface area contributed by atoms with Crippen LogP contribution in [0.1, 0.15) is 16.8 Å². The highest BCUT2D eigenvalue weighted by atomic mass is 16.5. The van der Waals surface area contributed by atoms with Gasteiger partial charge in [-0.2, -0.15) is 0 Å². The number of hydrogen-bond acceptors (Lipinski definition) is 4. The van der Waals surface area contributed by atoms with Crippen LogP contribution in [0.15, 0.2) is 47.4 Å². The Morgan fingerprint density at radius 1 is 1.21 bits per heavy atom. The van der Waals surface area contributed by atoms with Gasteiger partial charge in [-0.05, 0) is 49.9 Å². The van der Waals surface area contributed by atoms with E-state index in [1.54, 1.807) is 13.3 Å². The number of nitrogens with zero attached hydrogens (tertiary/aromatic N) is 2. The predicted molar refractivity (Wildman–Crippen MR) is 95.3 cm³/mol. The fourth-order valence-corrected chi connectivity index (χ4v) is 2.76. The second-order valence-electron chi connectivity index (χ2n) is 6.02. The maximum atomic E-state index is 12.3. The average Bonchev–Trinajstić information content (AvgIpc) is 2.57. The third kappa shape index (κ3) is 3.46. The van der Waals surface area contributed by atoms with Crippen LogP contribution in [0.4, 0.5) is 0 Å². The summed E-state index contributed by atoms with van der Waals surface area (Å²) in [6.45, 7) is 3.30. The Hall–Kier alpha value is -2.66. The lowest BCUT2D eigenvalue weighted by Gasteiger charge is -2.17. The number of ether oxygens (including phenoxy) is 1. The molecule has 1 aromatic carbocycles. The van der Waals surface area contributed by atoms with Crippen LogP contribution in [0.25, 0.3) is 10.9 Å². The molecule has 3 aromatic rings. The van der Waals surface area contributed by atoms with E-state index in [2.05, 4.69) is 14.9 Å². The summed E-state index contributed by atoms with van der Waals surface area (Å²) in [5.74, 6) is 0.776. The van der Waals surface area contributed by atoms with Crippen molar-refractivity contribution in [3.63, 3.8) is 0 Å². The highest BCUT2D eigenvalue weighted by molar-refractivity contribution is 5.80. The number of fused-ring (bicyclic) bond motifs is 1. The van der Waals surface area contributed by atoms with Gasteiger partial charge in [0.25, 0.3) is 5.56 Å². The lowest BCUT2D eigenvalue weighted by atomic mass is 10.1. The number of nitrogens with one attached hydrogen (secondary N) is 1. The first-order valence-electron chi connectivity index (χ1n) is 7.86. The second kappa shape index (κ2) is 6.84.